The summed E-state index contributed by atoms with van der Waals surface area (Å²) >= 11 is 0. The van der Waals surface area contributed by atoms with E-state index in [2.05, 4.69) is 15.6 Å². The minimum atomic E-state index is -0.634. The van der Waals surface area contributed by atoms with Crippen LogP contribution in [0.3, 0.4) is 0 Å². The van der Waals surface area contributed by atoms with E-state index in [1.54, 1.807) is 30.2 Å². The summed E-state index contributed by atoms with van der Waals surface area (Å²) in [6, 6.07) is 2.20. The van der Waals surface area contributed by atoms with Crippen molar-refractivity contribution in [3.05, 3.63) is 41.7 Å². The van der Waals surface area contributed by atoms with Gasteiger partial charge in [-0.2, -0.15) is 0 Å². The van der Waals surface area contributed by atoms with Crippen molar-refractivity contribution >= 4 is 23.6 Å². The summed E-state index contributed by atoms with van der Waals surface area (Å²) in [4.78, 5) is 44.5. The van der Waals surface area contributed by atoms with E-state index < -0.39 is 18.1 Å². The molecule has 10 nitrogen and oxygen atoms in total. The highest BCUT2D eigenvalue weighted by Gasteiger charge is 2.35. The molecule has 0 bridgehead atoms. The van der Waals surface area contributed by atoms with Gasteiger partial charge in [-0.25, -0.2) is 0 Å². The smallest absolute Gasteiger partial charge is 0.319 e. The SMILES string of the molecule is CCOC(=O)CNC(CC1CCCCC1)C(=O)N1CC=CCC1C(=O)NCc1ccc(C(=N)N)nc1. The van der Waals surface area contributed by atoms with Gasteiger partial charge in [-0.05, 0) is 37.3 Å². The van der Waals surface area contributed by atoms with Gasteiger partial charge < -0.3 is 20.7 Å². The Morgan fingerprint density at radius 1 is 1.22 bits per heavy atom. The fourth-order valence-corrected chi connectivity index (χ4v) is 4.80. The van der Waals surface area contributed by atoms with Crippen LogP contribution in [0, 0.1) is 11.3 Å². The van der Waals surface area contributed by atoms with Crippen molar-refractivity contribution in [3.63, 3.8) is 0 Å². The zero-order valence-corrected chi connectivity index (χ0v) is 21.0. The molecule has 1 aliphatic heterocycles. The molecule has 196 valence electrons. The molecule has 0 saturated heterocycles. The zero-order valence-electron chi connectivity index (χ0n) is 21.0. The number of amides is 2. The first-order valence-corrected chi connectivity index (χ1v) is 12.8. The Morgan fingerprint density at radius 2 is 2.00 bits per heavy atom. The number of carbonyl (C=O) groups excluding carboxylic acids is 3. The zero-order chi connectivity index (χ0) is 25.9. The van der Waals surface area contributed by atoms with Gasteiger partial charge in [0.25, 0.3) is 0 Å². The summed E-state index contributed by atoms with van der Waals surface area (Å²) in [7, 11) is 0. The first kappa shape index (κ1) is 27.3. The molecule has 2 unspecified atom stereocenters. The number of nitrogens with one attached hydrogen (secondary N) is 3. The average Bonchev–Trinajstić information content (AvgIpc) is 2.90. The quantitative estimate of drug-likeness (QED) is 0.157. The van der Waals surface area contributed by atoms with E-state index in [0.717, 1.165) is 31.2 Å². The number of carbonyl (C=O) groups is 3. The van der Waals surface area contributed by atoms with E-state index in [9.17, 15) is 14.4 Å². The van der Waals surface area contributed by atoms with E-state index in [0.29, 0.717) is 31.0 Å². The first-order chi connectivity index (χ1) is 17.4. The van der Waals surface area contributed by atoms with Gasteiger partial charge >= 0.3 is 5.97 Å². The van der Waals surface area contributed by atoms with Gasteiger partial charge in [0.1, 0.15) is 17.6 Å². The fraction of sp³-hybridized carbons (Fsp3) is 0.577. The predicted octanol–water partition coefficient (Wildman–Crippen LogP) is 1.63. The second kappa shape index (κ2) is 13.7. The molecule has 10 heteroatoms. The topological polar surface area (TPSA) is 150 Å². The predicted molar refractivity (Wildman–Crippen MR) is 136 cm³/mol. The summed E-state index contributed by atoms with van der Waals surface area (Å²) in [6.45, 7) is 2.58. The van der Waals surface area contributed by atoms with Crippen molar-refractivity contribution in [2.24, 2.45) is 11.7 Å². The Labute approximate surface area is 212 Å². The number of esters is 1. The molecular formula is C26H38N6O4. The van der Waals surface area contributed by atoms with Gasteiger partial charge in [0.05, 0.1) is 19.2 Å². The van der Waals surface area contributed by atoms with Crippen LogP contribution in [0.5, 0.6) is 0 Å². The molecule has 1 aromatic heterocycles. The maximum atomic E-state index is 13.7. The molecule has 5 N–H and O–H groups in total. The molecule has 1 saturated carbocycles. The number of nitrogen functional groups attached to an aromatic ring is 1. The number of nitrogens with zero attached hydrogens (tertiary/aromatic N) is 2. The summed E-state index contributed by atoms with van der Waals surface area (Å²) < 4.78 is 5.04. The maximum absolute atomic E-state index is 13.7. The van der Waals surface area contributed by atoms with Crippen LogP contribution in [-0.2, 0) is 25.7 Å². The number of ether oxygens (including phenoxy) is 1. The second-order valence-electron chi connectivity index (χ2n) is 9.37. The molecular weight excluding hydrogens is 460 g/mol. The minimum absolute atomic E-state index is 0.0409. The van der Waals surface area contributed by atoms with Crippen molar-refractivity contribution < 1.29 is 19.1 Å². The van der Waals surface area contributed by atoms with Crippen LogP contribution in [-0.4, -0.2) is 65.3 Å². The fourth-order valence-electron chi connectivity index (χ4n) is 4.80. The second-order valence-corrected chi connectivity index (χ2v) is 9.37. The number of pyridine rings is 1. The molecule has 2 atom stereocenters. The van der Waals surface area contributed by atoms with Crippen LogP contribution in [0.15, 0.2) is 30.5 Å². The number of hydrogen-bond acceptors (Lipinski definition) is 7. The Kier molecular flexibility index (Phi) is 10.4. The Balaban J connectivity index is 1.66. The van der Waals surface area contributed by atoms with Gasteiger partial charge in [-0.15, -0.1) is 0 Å². The van der Waals surface area contributed by atoms with Crippen LogP contribution < -0.4 is 16.4 Å². The summed E-state index contributed by atoms with van der Waals surface area (Å²) in [5.41, 5.74) is 6.58. The third-order valence-corrected chi connectivity index (χ3v) is 6.75. The highest BCUT2D eigenvalue weighted by Crippen LogP contribution is 2.28. The third-order valence-electron chi connectivity index (χ3n) is 6.75. The Bertz CT molecular complexity index is 942. The number of amidine groups is 1. The molecule has 1 fully saturated rings. The maximum Gasteiger partial charge on any atom is 0.319 e. The number of rotatable bonds is 11. The van der Waals surface area contributed by atoms with Crippen LogP contribution in [0.2, 0.25) is 0 Å². The lowest BCUT2D eigenvalue weighted by Crippen LogP contribution is -2.56. The highest BCUT2D eigenvalue weighted by molar-refractivity contribution is 5.93. The largest absolute Gasteiger partial charge is 0.465 e. The first-order valence-electron chi connectivity index (χ1n) is 12.8. The van der Waals surface area contributed by atoms with Gasteiger partial charge in [0.2, 0.25) is 11.8 Å². The number of hydrogen-bond donors (Lipinski definition) is 4. The lowest BCUT2D eigenvalue weighted by Gasteiger charge is -2.36. The molecule has 0 aromatic carbocycles. The average molecular weight is 499 g/mol. The number of nitrogens with two attached hydrogens (primary N) is 1. The van der Waals surface area contributed by atoms with Gasteiger partial charge in [0, 0.05) is 19.3 Å². The lowest BCUT2D eigenvalue weighted by molar-refractivity contribution is -0.144. The standard InChI is InChI=1S/C26H38N6O4/c1-2-36-23(33)17-30-21(14-18-8-4-3-5-9-18)26(35)32-13-7-6-10-22(32)25(34)31-16-19-11-12-20(24(27)28)29-15-19/h6-7,11-12,15,18,21-22,30H,2-5,8-10,13-14,16-17H2,1H3,(H3,27,28)(H,31,34). The summed E-state index contributed by atoms with van der Waals surface area (Å²) in [5, 5.41) is 13.5. The van der Waals surface area contributed by atoms with Gasteiger partial charge in [-0.1, -0.05) is 50.3 Å². The van der Waals surface area contributed by atoms with Crippen molar-refractivity contribution in [2.75, 3.05) is 19.7 Å². The van der Waals surface area contributed by atoms with E-state index in [1.807, 2.05) is 12.2 Å². The minimum Gasteiger partial charge on any atom is -0.465 e. The van der Waals surface area contributed by atoms with E-state index in [1.165, 1.54) is 6.42 Å². The van der Waals surface area contributed by atoms with Crippen LogP contribution in [0.25, 0.3) is 0 Å². The van der Waals surface area contributed by atoms with Crippen LogP contribution >= 0.6 is 0 Å². The summed E-state index contributed by atoms with van der Waals surface area (Å²) in [6.07, 6.45) is 12.1. The lowest BCUT2D eigenvalue weighted by atomic mass is 9.84. The van der Waals surface area contributed by atoms with Gasteiger partial charge in [-0.3, -0.25) is 30.1 Å². The molecule has 0 spiro atoms. The summed E-state index contributed by atoms with van der Waals surface area (Å²) in [5.74, 6) is -0.503. The van der Waals surface area contributed by atoms with Crippen LogP contribution in [0.1, 0.15) is 63.1 Å². The monoisotopic (exact) mass is 498 g/mol. The van der Waals surface area contributed by atoms with Gasteiger partial charge in [0.15, 0.2) is 0 Å². The molecule has 36 heavy (non-hydrogen) atoms. The van der Waals surface area contributed by atoms with Crippen LogP contribution in [0.4, 0.5) is 0 Å². The molecule has 2 heterocycles. The van der Waals surface area contributed by atoms with Crippen molar-refractivity contribution in [3.8, 4) is 0 Å². The number of aromatic nitrogens is 1. The Morgan fingerprint density at radius 3 is 2.67 bits per heavy atom. The van der Waals surface area contributed by atoms with E-state index in [-0.39, 0.29) is 37.3 Å². The highest BCUT2D eigenvalue weighted by atomic mass is 16.5. The normalized spacial score (nSPS) is 18.9. The van der Waals surface area contributed by atoms with Crippen molar-refractivity contribution in [1.29, 1.82) is 5.41 Å². The molecule has 1 aliphatic carbocycles. The van der Waals surface area contributed by atoms with E-state index in [4.69, 9.17) is 15.9 Å². The molecule has 2 amide bonds. The molecule has 3 rings (SSSR count). The van der Waals surface area contributed by atoms with E-state index >= 15 is 0 Å². The Hall–Kier alpha value is -3.27. The molecule has 1 aromatic rings. The van der Waals surface area contributed by atoms with Crippen molar-refractivity contribution in [1.82, 2.24) is 20.5 Å². The molecule has 0 radical (unpaired) electrons. The third kappa shape index (κ3) is 7.87. The molecule has 2 aliphatic rings. The van der Waals surface area contributed by atoms with Crippen molar-refractivity contribution in [2.45, 2.75) is 70.5 Å².